The number of aromatic nitrogens is 2. The number of methoxy groups -OCH3 is 1. The van der Waals surface area contributed by atoms with Crippen LogP contribution in [0.2, 0.25) is 0 Å². The molecule has 0 fully saturated rings. The van der Waals surface area contributed by atoms with Crippen molar-refractivity contribution in [2.24, 2.45) is 0 Å². The number of carbonyl (C=O) groups is 1. The Hall–Kier alpha value is -3.54. The number of ether oxygens (including phenoxy) is 1. The van der Waals surface area contributed by atoms with E-state index in [4.69, 9.17) is 9.26 Å². The zero-order chi connectivity index (χ0) is 24.3. The first-order chi connectivity index (χ1) is 15.5. The minimum absolute atomic E-state index is 0.0955. The molecule has 9 nitrogen and oxygen atoms in total. The van der Waals surface area contributed by atoms with E-state index in [-0.39, 0.29) is 18.1 Å². The minimum atomic E-state index is -4.00. The van der Waals surface area contributed by atoms with E-state index in [1.54, 1.807) is 31.4 Å². The van der Waals surface area contributed by atoms with E-state index in [0.717, 1.165) is 28.8 Å². The van der Waals surface area contributed by atoms with Gasteiger partial charge in [-0.05, 0) is 43.3 Å². The van der Waals surface area contributed by atoms with Gasteiger partial charge in [0.05, 0.1) is 25.6 Å². The van der Waals surface area contributed by atoms with Crippen LogP contribution in [0, 0.1) is 11.6 Å². The number of hydrogen-bond donors (Lipinski definition) is 0. The number of likely N-dealkylation sites (N-methyl/N-ethyl adjacent to an activating group) is 1. The number of sulfonamides is 1. The molecule has 1 aromatic heterocycles. The van der Waals surface area contributed by atoms with Gasteiger partial charge in [0.1, 0.15) is 11.8 Å². The van der Waals surface area contributed by atoms with Crippen LogP contribution in [0.3, 0.4) is 0 Å². The lowest BCUT2D eigenvalue weighted by molar-refractivity contribution is -0.131. The van der Waals surface area contributed by atoms with Gasteiger partial charge in [-0.2, -0.15) is 4.98 Å². The summed E-state index contributed by atoms with van der Waals surface area (Å²) in [5.41, 5.74) is 0.500. The Morgan fingerprint density at radius 3 is 2.39 bits per heavy atom. The third kappa shape index (κ3) is 5.45. The lowest BCUT2D eigenvalue weighted by Gasteiger charge is -2.30. The van der Waals surface area contributed by atoms with Gasteiger partial charge in [0.15, 0.2) is 11.6 Å². The number of hydrogen-bond acceptors (Lipinski definition) is 7. The van der Waals surface area contributed by atoms with Gasteiger partial charge in [-0.1, -0.05) is 5.16 Å². The Balaban J connectivity index is 1.77. The van der Waals surface area contributed by atoms with Crippen molar-refractivity contribution in [2.45, 2.75) is 19.5 Å². The molecule has 0 N–H and O–H groups in total. The predicted molar refractivity (Wildman–Crippen MR) is 116 cm³/mol. The third-order valence-corrected chi connectivity index (χ3v) is 6.03. The van der Waals surface area contributed by atoms with E-state index >= 15 is 0 Å². The van der Waals surface area contributed by atoms with Crippen LogP contribution in [0.25, 0.3) is 11.4 Å². The first-order valence-electron chi connectivity index (χ1n) is 9.67. The largest absolute Gasteiger partial charge is 0.497 e. The Morgan fingerprint density at radius 1 is 1.15 bits per heavy atom. The van der Waals surface area contributed by atoms with E-state index in [2.05, 4.69) is 10.1 Å². The maximum Gasteiger partial charge on any atom is 0.246 e. The van der Waals surface area contributed by atoms with Crippen LogP contribution >= 0.6 is 0 Å². The molecule has 0 spiro atoms. The highest BCUT2D eigenvalue weighted by molar-refractivity contribution is 7.92. The summed E-state index contributed by atoms with van der Waals surface area (Å²) in [6.45, 7) is 1.25. The Kier molecular flexibility index (Phi) is 6.96. The summed E-state index contributed by atoms with van der Waals surface area (Å²) in [5, 5.41) is 3.89. The van der Waals surface area contributed by atoms with Crippen molar-refractivity contribution in [3.05, 3.63) is 60.0 Å². The number of benzene rings is 2. The number of amides is 1. The fourth-order valence-corrected chi connectivity index (χ4v) is 4.36. The number of carbonyl (C=O) groups excluding carboxylic acids is 1. The molecule has 0 saturated carbocycles. The summed E-state index contributed by atoms with van der Waals surface area (Å²) in [5.74, 6) is -1.88. The van der Waals surface area contributed by atoms with Crippen molar-refractivity contribution in [3.8, 4) is 17.1 Å². The van der Waals surface area contributed by atoms with E-state index in [1.165, 1.54) is 18.9 Å². The minimum Gasteiger partial charge on any atom is -0.497 e. The molecule has 3 aromatic rings. The van der Waals surface area contributed by atoms with Gasteiger partial charge in [-0.15, -0.1) is 0 Å². The molecule has 1 heterocycles. The van der Waals surface area contributed by atoms with Crippen LogP contribution in [0.5, 0.6) is 5.75 Å². The molecular weight excluding hydrogens is 458 g/mol. The Bertz CT molecular complexity index is 1250. The summed E-state index contributed by atoms with van der Waals surface area (Å²) in [6.07, 6.45) is 0.872. The molecule has 0 aliphatic heterocycles. The fraction of sp³-hybridized carbons (Fsp3) is 0.286. The lowest BCUT2D eigenvalue weighted by atomic mass is 10.2. The SMILES string of the molecule is COc1ccc(-c2noc(CN(C)C(=O)[C@H](C)N(c3ccc(F)c(F)c3)S(C)(=O)=O)n2)cc1. The van der Waals surface area contributed by atoms with Crippen LogP contribution in [0.4, 0.5) is 14.5 Å². The number of anilines is 1. The zero-order valence-corrected chi connectivity index (χ0v) is 19.1. The third-order valence-electron chi connectivity index (χ3n) is 4.79. The molecule has 1 amide bonds. The average Bonchev–Trinajstić information content (AvgIpc) is 3.23. The fourth-order valence-electron chi connectivity index (χ4n) is 3.20. The van der Waals surface area contributed by atoms with Crippen molar-refractivity contribution in [1.29, 1.82) is 0 Å². The van der Waals surface area contributed by atoms with Crippen LogP contribution in [0.15, 0.2) is 47.0 Å². The van der Waals surface area contributed by atoms with Gasteiger partial charge < -0.3 is 14.2 Å². The van der Waals surface area contributed by atoms with Crippen molar-refractivity contribution < 1.29 is 31.3 Å². The molecular formula is C21H22F2N4O5S. The summed E-state index contributed by atoms with van der Waals surface area (Å²) in [4.78, 5) is 18.4. The van der Waals surface area contributed by atoms with Crippen molar-refractivity contribution in [1.82, 2.24) is 15.0 Å². The molecule has 0 bridgehead atoms. The van der Waals surface area contributed by atoms with Crippen molar-refractivity contribution in [2.75, 3.05) is 24.7 Å². The normalized spacial score (nSPS) is 12.3. The van der Waals surface area contributed by atoms with Gasteiger partial charge >= 0.3 is 0 Å². The van der Waals surface area contributed by atoms with Crippen LogP contribution < -0.4 is 9.04 Å². The molecule has 33 heavy (non-hydrogen) atoms. The Labute approximate surface area is 189 Å². The summed E-state index contributed by atoms with van der Waals surface area (Å²) in [7, 11) is -1.02. The van der Waals surface area contributed by atoms with E-state index in [0.29, 0.717) is 17.1 Å². The molecule has 0 aliphatic rings. The lowest BCUT2D eigenvalue weighted by Crippen LogP contribution is -2.48. The summed E-state index contributed by atoms with van der Waals surface area (Å²) < 4.78 is 62.7. The second kappa shape index (κ2) is 9.53. The molecule has 1 atom stereocenters. The highest BCUT2D eigenvalue weighted by atomic mass is 32.2. The monoisotopic (exact) mass is 480 g/mol. The first-order valence-corrected chi connectivity index (χ1v) is 11.5. The van der Waals surface area contributed by atoms with E-state index < -0.39 is 33.6 Å². The van der Waals surface area contributed by atoms with Crippen LogP contribution in [-0.2, 0) is 21.4 Å². The highest BCUT2D eigenvalue weighted by Crippen LogP contribution is 2.24. The standard InChI is InChI=1S/C21H22F2N4O5S/c1-13(27(33(4,29)30)15-7-10-17(22)18(23)11-15)21(28)26(2)12-19-24-20(25-32-19)14-5-8-16(31-3)9-6-14/h5-11,13H,12H2,1-4H3/t13-/m0/s1. The first kappa shape index (κ1) is 24.1. The molecule has 0 saturated heterocycles. The molecule has 0 unspecified atom stereocenters. The molecule has 176 valence electrons. The number of nitrogens with zero attached hydrogens (tertiary/aromatic N) is 4. The van der Waals surface area contributed by atoms with E-state index in [1.807, 2.05) is 0 Å². The van der Waals surface area contributed by atoms with Gasteiger partial charge in [0.2, 0.25) is 27.6 Å². The van der Waals surface area contributed by atoms with Crippen molar-refractivity contribution in [3.63, 3.8) is 0 Å². The summed E-state index contributed by atoms with van der Waals surface area (Å²) in [6, 6.07) is 8.32. The summed E-state index contributed by atoms with van der Waals surface area (Å²) >= 11 is 0. The predicted octanol–water partition coefficient (Wildman–Crippen LogP) is 2.84. The van der Waals surface area contributed by atoms with Gasteiger partial charge in [-0.25, -0.2) is 17.2 Å². The molecule has 0 aliphatic carbocycles. The van der Waals surface area contributed by atoms with Gasteiger partial charge in [-0.3, -0.25) is 9.10 Å². The Morgan fingerprint density at radius 2 is 1.82 bits per heavy atom. The molecule has 12 heteroatoms. The maximum atomic E-state index is 13.7. The van der Waals surface area contributed by atoms with E-state index in [9.17, 15) is 22.0 Å². The quantitative estimate of drug-likeness (QED) is 0.488. The van der Waals surface area contributed by atoms with Gasteiger partial charge in [0.25, 0.3) is 0 Å². The smallest absolute Gasteiger partial charge is 0.246 e. The highest BCUT2D eigenvalue weighted by Gasteiger charge is 2.32. The zero-order valence-electron chi connectivity index (χ0n) is 18.3. The van der Waals surface area contributed by atoms with Crippen LogP contribution in [-0.4, -0.2) is 55.8 Å². The second-order valence-corrected chi connectivity index (χ2v) is 9.13. The molecule has 2 aromatic carbocycles. The van der Waals surface area contributed by atoms with Crippen molar-refractivity contribution >= 4 is 21.6 Å². The molecule has 3 rings (SSSR count). The van der Waals surface area contributed by atoms with Gasteiger partial charge in [0, 0.05) is 18.7 Å². The molecule has 0 radical (unpaired) electrons. The topological polar surface area (TPSA) is 106 Å². The van der Waals surface area contributed by atoms with Crippen LogP contribution in [0.1, 0.15) is 12.8 Å². The maximum absolute atomic E-state index is 13.7. The average molecular weight is 480 g/mol. The second-order valence-electron chi connectivity index (χ2n) is 7.27. The number of halogens is 2. The number of rotatable bonds is 8.